The van der Waals surface area contributed by atoms with Gasteiger partial charge in [-0.15, -0.1) is 0 Å². The van der Waals surface area contributed by atoms with Crippen molar-refractivity contribution in [3.05, 3.63) is 89.5 Å². The van der Waals surface area contributed by atoms with Gasteiger partial charge in [0, 0.05) is 18.8 Å². The first-order valence-electron chi connectivity index (χ1n) is 10.9. The molecule has 0 aliphatic carbocycles. The lowest BCUT2D eigenvalue weighted by atomic mass is 9.99. The third-order valence-corrected chi connectivity index (χ3v) is 6.14. The van der Waals surface area contributed by atoms with E-state index in [-0.39, 0.29) is 0 Å². The molecule has 1 saturated heterocycles. The van der Waals surface area contributed by atoms with Crippen LogP contribution in [0.4, 0.5) is 5.69 Å². The van der Waals surface area contributed by atoms with E-state index in [1.165, 1.54) is 59.4 Å². The summed E-state index contributed by atoms with van der Waals surface area (Å²) in [5.74, 6) is 0.892. The molecule has 0 saturated carbocycles. The van der Waals surface area contributed by atoms with E-state index in [0.29, 0.717) is 0 Å². The Morgan fingerprint density at radius 2 is 1.48 bits per heavy atom. The average molecular weight is 385 g/mol. The first-order chi connectivity index (χ1) is 14.2. The SMILES string of the molecule is Cc1ccccc1-c1ccc(CNc2ccc(CN3CCC(C)CC3)cc2)cc1. The number of anilines is 1. The second-order valence-electron chi connectivity index (χ2n) is 8.52. The summed E-state index contributed by atoms with van der Waals surface area (Å²) in [7, 11) is 0. The molecular weight excluding hydrogens is 352 g/mol. The fraction of sp³-hybridized carbons (Fsp3) is 0.333. The minimum Gasteiger partial charge on any atom is -0.381 e. The number of piperidine rings is 1. The van der Waals surface area contributed by atoms with Crippen molar-refractivity contribution in [2.24, 2.45) is 5.92 Å². The van der Waals surface area contributed by atoms with Crippen LogP contribution in [0.2, 0.25) is 0 Å². The first kappa shape index (κ1) is 19.7. The molecule has 1 aliphatic rings. The summed E-state index contributed by atoms with van der Waals surface area (Å²) in [5.41, 5.74) is 7.80. The van der Waals surface area contributed by atoms with Crippen LogP contribution in [0.5, 0.6) is 0 Å². The molecule has 1 aliphatic heterocycles. The molecule has 0 radical (unpaired) electrons. The summed E-state index contributed by atoms with van der Waals surface area (Å²) in [6, 6.07) is 26.4. The smallest absolute Gasteiger partial charge is 0.0400 e. The average Bonchev–Trinajstić information content (AvgIpc) is 2.76. The fourth-order valence-electron chi connectivity index (χ4n) is 4.11. The Bertz CT molecular complexity index is 904. The van der Waals surface area contributed by atoms with Crippen molar-refractivity contribution < 1.29 is 0 Å². The van der Waals surface area contributed by atoms with Gasteiger partial charge < -0.3 is 5.32 Å². The number of rotatable bonds is 6. The molecule has 0 amide bonds. The number of nitrogens with one attached hydrogen (secondary N) is 1. The van der Waals surface area contributed by atoms with Crippen LogP contribution in [0.1, 0.15) is 36.5 Å². The molecule has 150 valence electrons. The van der Waals surface area contributed by atoms with Gasteiger partial charge in [-0.3, -0.25) is 4.90 Å². The molecule has 1 fully saturated rings. The lowest BCUT2D eigenvalue weighted by molar-refractivity contribution is 0.185. The van der Waals surface area contributed by atoms with Crippen LogP contribution >= 0.6 is 0 Å². The molecule has 0 atom stereocenters. The van der Waals surface area contributed by atoms with Gasteiger partial charge in [0.05, 0.1) is 0 Å². The lowest BCUT2D eigenvalue weighted by Crippen LogP contribution is -2.32. The molecule has 2 heteroatoms. The van der Waals surface area contributed by atoms with Crippen LogP contribution in [-0.2, 0) is 13.1 Å². The van der Waals surface area contributed by atoms with Gasteiger partial charge in [0.15, 0.2) is 0 Å². The lowest BCUT2D eigenvalue weighted by Gasteiger charge is -2.30. The molecule has 0 spiro atoms. The minimum absolute atomic E-state index is 0.845. The highest BCUT2D eigenvalue weighted by molar-refractivity contribution is 5.67. The monoisotopic (exact) mass is 384 g/mol. The normalized spacial score (nSPS) is 15.4. The third-order valence-electron chi connectivity index (χ3n) is 6.14. The minimum atomic E-state index is 0.845. The summed E-state index contributed by atoms with van der Waals surface area (Å²) in [6.07, 6.45) is 2.67. The van der Waals surface area contributed by atoms with Crippen molar-refractivity contribution in [2.45, 2.75) is 39.8 Å². The van der Waals surface area contributed by atoms with E-state index < -0.39 is 0 Å². The molecule has 2 nitrogen and oxygen atoms in total. The van der Waals surface area contributed by atoms with Crippen LogP contribution in [0, 0.1) is 12.8 Å². The largest absolute Gasteiger partial charge is 0.381 e. The van der Waals surface area contributed by atoms with E-state index >= 15 is 0 Å². The van der Waals surface area contributed by atoms with E-state index in [2.05, 4.69) is 96.9 Å². The zero-order chi connectivity index (χ0) is 20.1. The van der Waals surface area contributed by atoms with Crippen molar-refractivity contribution >= 4 is 5.69 Å². The van der Waals surface area contributed by atoms with Gasteiger partial charge in [0.25, 0.3) is 0 Å². The van der Waals surface area contributed by atoms with E-state index in [1.807, 2.05) is 0 Å². The highest BCUT2D eigenvalue weighted by Gasteiger charge is 2.15. The number of nitrogens with zero attached hydrogens (tertiary/aromatic N) is 1. The summed E-state index contributed by atoms with van der Waals surface area (Å²) in [5, 5.41) is 3.55. The van der Waals surface area contributed by atoms with Crippen molar-refractivity contribution in [3.63, 3.8) is 0 Å². The van der Waals surface area contributed by atoms with Gasteiger partial charge in [-0.1, -0.05) is 67.6 Å². The summed E-state index contributed by atoms with van der Waals surface area (Å²) >= 11 is 0. The molecule has 0 unspecified atom stereocenters. The molecule has 0 bridgehead atoms. The van der Waals surface area contributed by atoms with Crippen molar-refractivity contribution in [1.29, 1.82) is 0 Å². The number of likely N-dealkylation sites (tertiary alicyclic amines) is 1. The maximum atomic E-state index is 3.55. The number of hydrogen-bond acceptors (Lipinski definition) is 2. The van der Waals surface area contributed by atoms with Crippen molar-refractivity contribution in [2.75, 3.05) is 18.4 Å². The van der Waals surface area contributed by atoms with E-state index in [4.69, 9.17) is 0 Å². The van der Waals surface area contributed by atoms with Crippen LogP contribution in [0.25, 0.3) is 11.1 Å². The Labute approximate surface area is 175 Å². The summed E-state index contributed by atoms with van der Waals surface area (Å²) in [6.45, 7) is 8.93. The molecule has 29 heavy (non-hydrogen) atoms. The highest BCUT2D eigenvalue weighted by atomic mass is 15.1. The van der Waals surface area contributed by atoms with Crippen LogP contribution in [-0.4, -0.2) is 18.0 Å². The Morgan fingerprint density at radius 3 is 2.17 bits per heavy atom. The second kappa shape index (κ2) is 9.28. The summed E-state index contributed by atoms with van der Waals surface area (Å²) in [4.78, 5) is 2.58. The van der Waals surface area contributed by atoms with Crippen LogP contribution < -0.4 is 5.32 Å². The Hall–Kier alpha value is -2.58. The topological polar surface area (TPSA) is 15.3 Å². The second-order valence-corrected chi connectivity index (χ2v) is 8.52. The Morgan fingerprint density at radius 1 is 0.828 bits per heavy atom. The van der Waals surface area contributed by atoms with Gasteiger partial charge in [0.2, 0.25) is 0 Å². The Balaban J connectivity index is 1.30. The molecule has 1 heterocycles. The van der Waals surface area contributed by atoms with Gasteiger partial charge in [-0.05, 0) is 78.7 Å². The Kier molecular flexibility index (Phi) is 6.31. The maximum absolute atomic E-state index is 3.55. The molecule has 3 aromatic rings. The highest BCUT2D eigenvalue weighted by Crippen LogP contribution is 2.24. The fourth-order valence-corrected chi connectivity index (χ4v) is 4.11. The van der Waals surface area contributed by atoms with E-state index in [1.54, 1.807) is 0 Å². The zero-order valence-electron chi connectivity index (χ0n) is 17.7. The summed E-state index contributed by atoms with van der Waals surface area (Å²) < 4.78 is 0. The number of benzene rings is 3. The van der Waals surface area contributed by atoms with Crippen LogP contribution in [0.3, 0.4) is 0 Å². The van der Waals surface area contributed by atoms with Gasteiger partial charge in [0.1, 0.15) is 0 Å². The predicted octanol–water partition coefficient (Wildman–Crippen LogP) is 6.51. The quantitative estimate of drug-likeness (QED) is 0.521. The van der Waals surface area contributed by atoms with E-state index in [0.717, 1.165) is 19.0 Å². The van der Waals surface area contributed by atoms with E-state index in [9.17, 15) is 0 Å². The zero-order valence-corrected chi connectivity index (χ0v) is 17.7. The third kappa shape index (κ3) is 5.27. The molecule has 3 aromatic carbocycles. The number of hydrogen-bond donors (Lipinski definition) is 1. The molecule has 4 rings (SSSR count). The standard InChI is InChI=1S/C27H32N2/c1-21-15-17-29(18-16-21)20-24-9-13-26(14-10-24)28-19-23-7-11-25(12-8-23)27-6-4-3-5-22(27)2/h3-14,21,28H,15-20H2,1-2H3. The molecule has 0 aromatic heterocycles. The number of aryl methyl sites for hydroxylation is 1. The predicted molar refractivity (Wildman–Crippen MR) is 124 cm³/mol. The first-order valence-corrected chi connectivity index (χ1v) is 10.9. The van der Waals surface area contributed by atoms with Gasteiger partial charge in [-0.25, -0.2) is 0 Å². The molecular formula is C27H32N2. The van der Waals surface area contributed by atoms with Crippen molar-refractivity contribution in [1.82, 2.24) is 4.90 Å². The van der Waals surface area contributed by atoms with Crippen molar-refractivity contribution in [3.8, 4) is 11.1 Å². The van der Waals surface area contributed by atoms with Gasteiger partial charge >= 0.3 is 0 Å². The maximum Gasteiger partial charge on any atom is 0.0400 e. The van der Waals surface area contributed by atoms with Crippen LogP contribution in [0.15, 0.2) is 72.8 Å². The van der Waals surface area contributed by atoms with Gasteiger partial charge in [-0.2, -0.15) is 0 Å². The molecule has 1 N–H and O–H groups in total.